The van der Waals surface area contributed by atoms with E-state index in [4.69, 9.17) is 0 Å². The number of rotatable bonds is 6. The number of hydrogen-bond acceptors (Lipinski definition) is 3. The fourth-order valence-corrected chi connectivity index (χ4v) is 3.74. The summed E-state index contributed by atoms with van der Waals surface area (Å²) >= 11 is 0. The topological polar surface area (TPSA) is 75.3 Å². The highest BCUT2D eigenvalue weighted by atomic mass is 32.2. The summed E-state index contributed by atoms with van der Waals surface area (Å²) in [6, 6.07) is 19.7. The summed E-state index contributed by atoms with van der Waals surface area (Å²) in [5.41, 5.74) is 1.39. The summed E-state index contributed by atoms with van der Waals surface area (Å²) in [5.74, 6) is -0.778. The fourth-order valence-electron chi connectivity index (χ4n) is 2.64. The monoisotopic (exact) mass is 398 g/mol. The van der Waals surface area contributed by atoms with Gasteiger partial charge in [-0.1, -0.05) is 36.4 Å². The zero-order chi connectivity index (χ0) is 20.1. The molecule has 7 heteroatoms. The Balaban J connectivity index is 1.76. The Kier molecular flexibility index (Phi) is 5.75. The van der Waals surface area contributed by atoms with Crippen LogP contribution >= 0.6 is 0 Å². The maximum absolute atomic E-state index is 13.0. The molecular formula is C21H19FN2O3S. The van der Waals surface area contributed by atoms with E-state index in [0.717, 1.165) is 5.56 Å². The van der Waals surface area contributed by atoms with Crippen LogP contribution in [0.25, 0.3) is 0 Å². The molecule has 0 bridgehead atoms. The predicted molar refractivity (Wildman–Crippen MR) is 106 cm³/mol. The number of amides is 1. The molecule has 1 atom stereocenters. The van der Waals surface area contributed by atoms with Crippen LogP contribution in [0.3, 0.4) is 0 Å². The van der Waals surface area contributed by atoms with Crippen molar-refractivity contribution in [3.63, 3.8) is 0 Å². The molecule has 0 radical (unpaired) electrons. The lowest BCUT2D eigenvalue weighted by Crippen LogP contribution is -2.27. The molecule has 0 aliphatic rings. The fraction of sp³-hybridized carbons (Fsp3) is 0.0952. The first-order valence-corrected chi connectivity index (χ1v) is 10.1. The first kappa shape index (κ1) is 19.6. The van der Waals surface area contributed by atoms with Gasteiger partial charge in [0, 0.05) is 11.3 Å². The van der Waals surface area contributed by atoms with Crippen molar-refractivity contribution < 1.29 is 17.6 Å². The van der Waals surface area contributed by atoms with Gasteiger partial charge in [-0.2, -0.15) is 0 Å². The summed E-state index contributed by atoms with van der Waals surface area (Å²) in [6.07, 6.45) is 0. The van der Waals surface area contributed by atoms with Crippen molar-refractivity contribution in [3.05, 3.63) is 95.8 Å². The van der Waals surface area contributed by atoms with Crippen molar-refractivity contribution in [2.75, 3.05) is 4.72 Å². The minimum absolute atomic E-state index is 0.0153. The number of nitrogens with one attached hydrogen (secondary N) is 2. The maximum Gasteiger partial charge on any atom is 0.261 e. The van der Waals surface area contributed by atoms with Crippen LogP contribution in [-0.2, 0) is 10.0 Å². The van der Waals surface area contributed by atoms with Crippen LogP contribution in [0.5, 0.6) is 0 Å². The Morgan fingerprint density at radius 1 is 0.929 bits per heavy atom. The SMILES string of the molecule is C[C@H](NC(=O)c1cccc(S(=O)(=O)Nc2ccccc2)c1)c1ccc(F)cc1. The van der Waals surface area contributed by atoms with E-state index in [2.05, 4.69) is 10.0 Å². The highest BCUT2D eigenvalue weighted by Gasteiger charge is 2.17. The molecule has 3 aromatic rings. The van der Waals surface area contributed by atoms with E-state index >= 15 is 0 Å². The molecular weight excluding hydrogens is 379 g/mol. The third-order valence-electron chi connectivity index (χ3n) is 4.15. The highest BCUT2D eigenvalue weighted by molar-refractivity contribution is 7.92. The van der Waals surface area contributed by atoms with Crippen LogP contribution in [0.4, 0.5) is 10.1 Å². The van der Waals surface area contributed by atoms with E-state index in [1.165, 1.54) is 36.4 Å². The number of para-hydroxylation sites is 1. The van der Waals surface area contributed by atoms with Gasteiger partial charge in [-0.15, -0.1) is 0 Å². The quantitative estimate of drug-likeness (QED) is 0.656. The first-order valence-electron chi connectivity index (χ1n) is 8.59. The number of halogens is 1. The molecule has 0 aromatic heterocycles. The molecule has 0 spiro atoms. The zero-order valence-electron chi connectivity index (χ0n) is 15.1. The molecule has 0 fully saturated rings. The van der Waals surface area contributed by atoms with Crippen LogP contribution in [0.1, 0.15) is 28.9 Å². The molecule has 0 saturated heterocycles. The zero-order valence-corrected chi connectivity index (χ0v) is 15.9. The summed E-state index contributed by atoms with van der Waals surface area (Å²) < 4.78 is 40.7. The average Bonchev–Trinajstić information content (AvgIpc) is 2.69. The summed E-state index contributed by atoms with van der Waals surface area (Å²) in [5, 5.41) is 2.78. The number of benzene rings is 3. The Bertz CT molecular complexity index is 1070. The van der Waals surface area contributed by atoms with Gasteiger partial charge in [0.25, 0.3) is 15.9 Å². The molecule has 0 unspecified atom stereocenters. The lowest BCUT2D eigenvalue weighted by molar-refractivity contribution is 0.0939. The summed E-state index contributed by atoms with van der Waals surface area (Å²) in [7, 11) is -3.83. The number of hydrogen-bond donors (Lipinski definition) is 2. The molecule has 0 heterocycles. The molecule has 3 rings (SSSR count). The number of carbonyl (C=O) groups is 1. The van der Waals surface area contributed by atoms with Gasteiger partial charge in [0.15, 0.2) is 0 Å². The minimum atomic E-state index is -3.83. The minimum Gasteiger partial charge on any atom is -0.346 e. The number of anilines is 1. The van der Waals surface area contributed by atoms with E-state index in [9.17, 15) is 17.6 Å². The maximum atomic E-state index is 13.0. The molecule has 1 amide bonds. The standard InChI is InChI=1S/C21H19FN2O3S/c1-15(16-10-12-18(22)13-11-16)23-21(25)17-6-5-9-20(14-17)28(26,27)24-19-7-3-2-4-8-19/h2-15,24H,1H3,(H,23,25)/t15-/m0/s1. The van der Waals surface area contributed by atoms with Crippen LogP contribution in [-0.4, -0.2) is 14.3 Å². The van der Waals surface area contributed by atoms with Crippen LogP contribution in [0.2, 0.25) is 0 Å². The molecule has 28 heavy (non-hydrogen) atoms. The summed E-state index contributed by atoms with van der Waals surface area (Å²) in [4.78, 5) is 12.5. The molecule has 5 nitrogen and oxygen atoms in total. The highest BCUT2D eigenvalue weighted by Crippen LogP contribution is 2.18. The Hall–Kier alpha value is -3.19. The molecule has 0 saturated carbocycles. The van der Waals surface area contributed by atoms with Gasteiger partial charge < -0.3 is 5.32 Å². The second kappa shape index (κ2) is 8.22. The molecule has 0 aliphatic heterocycles. The molecule has 144 valence electrons. The second-order valence-corrected chi connectivity index (χ2v) is 7.93. The van der Waals surface area contributed by atoms with E-state index in [0.29, 0.717) is 5.69 Å². The number of carbonyl (C=O) groups excluding carboxylic acids is 1. The van der Waals surface area contributed by atoms with E-state index in [1.54, 1.807) is 49.4 Å². The summed E-state index contributed by atoms with van der Waals surface area (Å²) in [6.45, 7) is 1.77. The second-order valence-electron chi connectivity index (χ2n) is 6.25. The van der Waals surface area contributed by atoms with Crippen molar-refractivity contribution in [2.45, 2.75) is 17.9 Å². The van der Waals surface area contributed by atoms with Gasteiger partial charge in [-0.05, 0) is 55.0 Å². The Labute approximate surface area is 163 Å². The van der Waals surface area contributed by atoms with Crippen LogP contribution in [0.15, 0.2) is 83.8 Å². The smallest absolute Gasteiger partial charge is 0.261 e. The van der Waals surface area contributed by atoms with Crippen molar-refractivity contribution in [1.82, 2.24) is 5.32 Å². The van der Waals surface area contributed by atoms with Gasteiger partial charge >= 0.3 is 0 Å². The van der Waals surface area contributed by atoms with Gasteiger partial charge in [0.2, 0.25) is 0 Å². The molecule has 2 N–H and O–H groups in total. The molecule has 0 aliphatic carbocycles. The lowest BCUT2D eigenvalue weighted by Gasteiger charge is -2.15. The van der Waals surface area contributed by atoms with Crippen LogP contribution in [0, 0.1) is 5.82 Å². The van der Waals surface area contributed by atoms with Gasteiger partial charge in [0.1, 0.15) is 5.82 Å². The average molecular weight is 398 g/mol. The number of sulfonamides is 1. The van der Waals surface area contributed by atoms with Crippen molar-refractivity contribution >= 4 is 21.6 Å². The largest absolute Gasteiger partial charge is 0.346 e. The van der Waals surface area contributed by atoms with Gasteiger partial charge in [-0.3, -0.25) is 9.52 Å². The van der Waals surface area contributed by atoms with Crippen molar-refractivity contribution in [3.8, 4) is 0 Å². The Morgan fingerprint density at radius 2 is 1.61 bits per heavy atom. The van der Waals surface area contributed by atoms with Crippen molar-refractivity contribution in [1.29, 1.82) is 0 Å². The predicted octanol–water partition coefficient (Wildman–Crippen LogP) is 4.12. The Morgan fingerprint density at radius 3 is 2.29 bits per heavy atom. The van der Waals surface area contributed by atoms with Crippen LogP contribution < -0.4 is 10.0 Å². The third kappa shape index (κ3) is 4.75. The first-order chi connectivity index (χ1) is 13.3. The van der Waals surface area contributed by atoms with E-state index in [1.807, 2.05) is 0 Å². The van der Waals surface area contributed by atoms with Gasteiger partial charge in [-0.25, -0.2) is 12.8 Å². The van der Waals surface area contributed by atoms with E-state index < -0.39 is 15.9 Å². The van der Waals surface area contributed by atoms with Crippen molar-refractivity contribution in [2.24, 2.45) is 0 Å². The lowest BCUT2D eigenvalue weighted by atomic mass is 10.1. The van der Waals surface area contributed by atoms with E-state index in [-0.39, 0.29) is 22.3 Å². The molecule has 3 aromatic carbocycles. The normalized spacial score (nSPS) is 12.2. The van der Waals surface area contributed by atoms with Gasteiger partial charge in [0.05, 0.1) is 10.9 Å². The third-order valence-corrected chi connectivity index (χ3v) is 5.53.